The molecule has 2 rings (SSSR count). The van der Waals surface area contributed by atoms with Gasteiger partial charge in [-0.15, -0.1) is 0 Å². The molecule has 20 heavy (non-hydrogen) atoms. The highest BCUT2D eigenvalue weighted by Gasteiger charge is 2.28. The minimum Gasteiger partial charge on any atom is -0.367 e. The molecule has 0 amide bonds. The molecule has 0 spiro atoms. The number of hydrogen-bond donors (Lipinski definition) is 1. The minimum absolute atomic E-state index is 0.00978. The van der Waals surface area contributed by atoms with Crippen molar-refractivity contribution in [1.29, 1.82) is 0 Å². The van der Waals surface area contributed by atoms with Gasteiger partial charge in [-0.25, -0.2) is 8.42 Å². The molecule has 0 aromatic heterocycles. The smallest absolute Gasteiger partial charge is 0.154 e. The SMILES string of the molecule is CCNCc1ccc(N2CCS(=O)(=O)CC2C)cc1Cl. The molecule has 1 saturated heterocycles. The monoisotopic (exact) mass is 316 g/mol. The highest BCUT2D eigenvalue weighted by Crippen LogP contribution is 2.27. The molecule has 6 heteroatoms. The lowest BCUT2D eigenvalue weighted by Gasteiger charge is -2.35. The van der Waals surface area contributed by atoms with Gasteiger partial charge in [0.15, 0.2) is 9.84 Å². The summed E-state index contributed by atoms with van der Waals surface area (Å²) in [7, 11) is -2.89. The van der Waals surface area contributed by atoms with E-state index in [0.717, 1.165) is 29.4 Å². The molecule has 1 aromatic carbocycles. The van der Waals surface area contributed by atoms with Crippen LogP contribution in [-0.4, -0.2) is 39.1 Å². The van der Waals surface area contributed by atoms with E-state index in [2.05, 4.69) is 17.1 Å². The zero-order valence-electron chi connectivity index (χ0n) is 11.9. The van der Waals surface area contributed by atoms with Crippen LogP contribution in [0.25, 0.3) is 0 Å². The van der Waals surface area contributed by atoms with Crippen molar-refractivity contribution in [1.82, 2.24) is 5.32 Å². The lowest BCUT2D eigenvalue weighted by atomic mass is 10.1. The van der Waals surface area contributed by atoms with Crippen molar-refractivity contribution in [2.75, 3.05) is 29.5 Å². The second-order valence-electron chi connectivity index (χ2n) is 5.21. The Kier molecular flexibility index (Phi) is 4.94. The average molecular weight is 317 g/mol. The topological polar surface area (TPSA) is 49.4 Å². The van der Waals surface area contributed by atoms with Gasteiger partial charge in [-0.05, 0) is 31.2 Å². The maximum Gasteiger partial charge on any atom is 0.154 e. The first-order chi connectivity index (χ1) is 9.43. The van der Waals surface area contributed by atoms with Crippen molar-refractivity contribution >= 4 is 27.1 Å². The summed E-state index contributed by atoms with van der Waals surface area (Å²) in [6, 6.07) is 5.95. The van der Waals surface area contributed by atoms with Gasteiger partial charge in [0.25, 0.3) is 0 Å². The van der Waals surface area contributed by atoms with Crippen LogP contribution in [0.1, 0.15) is 19.4 Å². The van der Waals surface area contributed by atoms with Crippen LogP contribution in [0.2, 0.25) is 5.02 Å². The van der Waals surface area contributed by atoms with Crippen molar-refractivity contribution in [3.8, 4) is 0 Å². The van der Waals surface area contributed by atoms with Gasteiger partial charge in [-0.3, -0.25) is 0 Å². The number of sulfone groups is 1. The molecule has 1 aliphatic heterocycles. The van der Waals surface area contributed by atoms with E-state index >= 15 is 0 Å². The molecular weight excluding hydrogens is 296 g/mol. The van der Waals surface area contributed by atoms with Crippen LogP contribution < -0.4 is 10.2 Å². The van der Waals surface area contributed by atoms with Crippen molar-refractivity contribution in [3.05, 3.63) is 28.8 Å². The number of hydrogen-bond acceptors (Lipinski definition) is 4. The fourth-order valence-electron chi connectivity index (χ4n) is 2.50. The van der Waals surface area contributed by atoms with Crippen LogP contribution in [0.3, 0.4) is 0 Å². The van der Waals surface area contributed by atoms with Gasteiger partial charge < -0.3 is 10.2 Å². The summed E-state index contributed by atoms with van der Waals surface area (Å²) in [5.41, 5.74) is 2.06. The number of rotatable bonds is 4. The number of nitrogens with zero attached hydrogens (tertiary/aromatic N) is 1. The van der Waals surface area contributed by atoms with Crippen LogP contribution in [0, 0.1) is 0 Å². The van der Waals surface area contributed by atoms with Crippen molar-refractivity contribution in [2.24, 2.45) is 0 Å². The minimum atomic E-state index is -2.89. The number of nitrogens with one attached hydrogen (secondary N) is 1. The van der Waals surface area contributed by atoms with Crippen molar-refractivity contribution < 1.29 is 8.42 Å². The molecule has 112 valence electrons. The highest BCUT2D eigenvalue weighted by atomic mass is 35.5. The van der Waals surface area contributed by atoms with E-state index in [-0.39, 0.29) is 17.5 Å². The zero-order valence-corrected chi connectivity index (χ0v) is 13.5. The summed E-state index contributed by atoms with van der Waals surface area (Å²) < 4.78 is 23.2. The zero-order chi connectivity index (χ0) is 14.8. The summed E-state index contributed by atoms with van der Waals surface area (Å²) in [5, 5.41) is 3.97. The van der Waals surface area contributed by atoms with Gasteiger partial charge in [-0.1, -0.05) is 24.6 Å². The molecule has 4 nitrogen and oxygen atoms in total. The first-order valence-electron chi connectivity index (χ1n) is 6.89. The molecule has 0 radical (unpaired) electrons. The Morgan fingerprint density at radius 1 is 1.45 bits per heavy atom. The molecule has 1 heterocycles. The Morgan fingerprint density at radius 3 is 2.80 bits per heavy atom. The Bertz CT molecular complexity index is 575. The fraction of sp³-hybridized carbons (Fsp3) is 0.571. The Hall–Kier alpha value is -0.780. The molecule has 0 saturated carbocycles. The lowest BCUT2D eigenvalue weighted by Crippen LogP contribution is -2.47. The maximum absolute atomic E-state index is 11.6. The molecule has 0 aliphatic carbocycles. The van der Waals surface area contributed by atoms with Gasteiger partial charge in [0.2, 0.25) is 0 Å². The Balaban J connectivity index is 2.15. The van der Waals surface area contributed by atoms with E-state index in [1.165, 1.54) is 0 Å². The lowest BCUT2D eigenvalue weighted by molar-refractivity contribution is 0.568. The number of benzene rings is 1. The van der Waals surface area contributed by atoms with Crippen molar-refractivity contribution in [3.63, 3.8) is 0 Å². The molecule has 1 aliphatic rings. The molecular formula is C14H21ClN2O2S. The third-order valence-electron chi connectivity index (χ3n) is 3.60. The summed E-state index contributed by atoms with van der Waals surface area (Å²) >= 11 is 6.30. The van der Waals surface area contributed by atoms with E-state index in [0.29, 0.717) is 6.54 Å². The van der Waals surface area contributed by atoms with E-state index in [1.807, 2.05) is 25.1 Å². The van der Waals surface area contributed by atoms with Crippen molar-refractivity contribution in [2.45, 2.75) is 26.4 Å². The normalized spacial score (nSPS) is 21.9. The van der Waals surface area contributed by atoms with Crippen LogP contribution in [0.4, 0.5) is 5.69 Å². The summed E-state index contributed by atoms with van der Waals surface area (Å²) in [6.45, 7) is 6.18. The van der Waals surface area contributed by atoms with Crippen LogP contribution in [0.15, 0.2) is 18.2 Å². The molecule has 1 aromatic rings. The van der Waals surface area contributed by atoms with Crippen LogP contribution in [0.5, 0.6) is 0 Å². The van der Waals surface area contributed by atoms with Crippen LogP contribution >= 0.6 is 11.6 Å². The molecule has 1 fully saturated rings. The molecule has 1 N–H and O–H groups in total. The van der Waals surface area contributed by atoms with Gasteiger partial charge in [0, 0.05) is 29.8 Å². The predicted octanol–water partition coefficient (Wildman–Crippen LogP) is 2.07. The van der Waals surface area contributed by atoms with E-state index in [1.54, 1.807) is 0 Å². The first kappa shape index (κ1) is 15.6. The third kappa shape index (κ3) is 3.65. The molecule has 1 unspecified atom stereocenters. The third-order valence-corrected chi connectivity index (χ3v) is 5.75. The van der Waals surface area contributed by atoms with E-state index in [4.69, 9.17) is 11.6 Å². The summed E-state index contributed by atoms with van der Waals surface area (Å²) in [4.78, 5) is 2.12. The Morgan fingerprint density at radius 2 is 2.20 bits per heavy atom. The maximum atomic E-state index is 11.6. The number of anilines is 1. The van der Waals surface area contributed by atoms with Crippen LogP contribution in [-0.2, 0) is 16.4 Å². The van der Waals surface area contributed by atoms with E-state index in [9.17, 15) is 8.42 Å². The summed E-state index contributed by atoms with van der Waals surface area (Å²) in [5.74, 6) is 0.428. The number of halogens is 1. The fourth-order valence-corrected chi connectivity index (χ4v) is 4.30. The first-order valence-corrected chi connectivity index (χ1v) is 9.09. The standard InChI is InChI=1S/C14H21ClN2O2S/c1-3-16-9-12-4-5-13(8-14(12)15)17-6-7-20(18,19)10-11(17)2/h4-5,8,11,16H,3,6-7,9-10H2,1-2H3. The average Bonchev–Trinajstić information content (AvgIpc) is 2.36. The largest absolute Gasteiger partial charge is 0.367 e. The predicted molar refractivity (Wildman–Crippen MR) is 84.3 cm³/mol. The van der Waals surface area contributed by atoms with E-state index < -0.39 is 9.84 Å². The summed E-state index contributed by atoms with van der Waals surface area (Å²) in [6.07, 6.45) is 0. The molecule has 0 bridgehead atoms. The van der Waals surface area contributed by atoms with Gasteiger partial charge in [-0.2, -0.15) is 0 Å². The second kappa shape index (κ2) is 6.33. The van der Waals surface area contributed by atoms with Gasteiger partial charge in [0.05, 0.1) is 11.5 Å². The second-order valence-corrected chi connectivity index (χ2v) is 7.85. The highest BCUT2D eigenvalue weighted by molar-refractivity contribution is 7.91. The van der Waals surface area contributed by atoms with Gasteiger partial charge in [0.1, 0.15) is 0 Å². The quantitative estimate of drug-likeness (QED) is 0.924. The molecule has 1 atom stereocenters. The Labute approximate surface area is 126 Å². The van der Waals surface area contributed by atoms with Gasteiger partial charge >= 0.3 is 0 Å².